The van der Waals surface area contributed by atoms with Gasteiger partial charge in [-0.25, -0.2) is 0 Å². The van der Waals surface area contributed by atoms with E-state index in [1.165, 1.54) is 10.8 Å². The van der Waals surface area contributed by atoms with Crippen LogP contribution in [0.5, 0.6) is 5.75 Å². The monoisotopic (exact) mass is 364 g/mol. The Hall–Kier alpha value is -1.74. The van der Waals surface area contributed by atoms with Crippen molar-refractivity contribution >= 4 is 56.2 Å². The molecule has 4 aromatic carbocycles. The van der Waals surface area contributed by atoms with Gasteiger partial charge >= 0.3 is 0 Å². The van der Waals surface area contributed by atoms with Gasteiger partial charge in [-0.3, -0.25) is 0 Å². The molecule has 0 bridgehead atoms. The van der Waals surface area contributed by atoms with Crippen molar-refractivity contribution in [2.45, 2.75) is 0 Å². The van der Waals surface area contributed by atoms with Gasteiger partial charge in [0.1, 0.15) is 5.75 Å². The first kappa shape index (κ1) is 13.3. The number of phenolic OH excluding ortho intramolecular Hbond substituents is 1. The van der Waals surface area contributed by atoms with Crippen molar-refractivity contribution in [1.29, 1.82) is 0 Å². The van der Waals surface area contributed by atoms with E-state index in [9.17, 15) is 5.11 Å². The average molecular weight is 363 g/mol. The molecule has 0 fully saturated rings. The van der Waals surface area contributed by atoms with Crippen LogP contribution in [-0.4, -0.2) is 29.0 Å². The summed E-state index contributed by atoms with van der Waals surface area (Å²) in [5.41, 5.74) is 0. The Bertz CT molecular complexity index is 928. The second kappa shape index (κ2) is 4.98. The second-order valence-electron chi connectivity index (χ2n) is 4.86. The van der Waals surface area contributed by atoms with Crippen molar-refractivity contribution < 1.29 is 5.11 Å². The Labute approximate surface area is 133 Å². The van der Waals surface area contributed by atoms with Gasteiger partial charge in [0.15, 0.2) is 0 Å². The van der Waals surface area contributed by atoms with Crippen LogP contribution in [0.4, 0.5) is 0 Å². The summed E-state index contributed by atoms with van der Waals surface area (Å²) in [4.78, 5) is 0. The van der Waals surface area contributed by atoms with Crippen molar-refractivity contribution in [2.24, 2.45) is 0 Å². The molecule has 20 heavy (non-hydrogen) atoms. The smallest absolute Gasteiger partial charge is 0.124 e. The Morgan fingerprint density at radius 2 is 1.25 bits per heavy atom. The number of benzene rings is 4. The van der Waals surface area contributed by atoms with E-state index in [4.69, 9.17) is 0 Å². The van der Waals surface area contributed by atoms with Gasteiger partial charge in [-0.15, -0.1) is 0 Å². The fourth-order valence-electron chi connectivity index (χ4n) is 2.78. The van der Waals surface area contributed by atoms with Crippen molar-refractivity contribution in [3.8, 4) is 5.75 Å². The summed E-state index contributed by atoms with van der Waals surface area (Å²) in [6, 6.07) is 22.5. The molecule has 4 radical (unpaired) electrons. The SMILES string of the molecule is Oc1cccc2ccc3cc4ccccc4cc3c12.[Sn]. The fraction of sp³-hybridized carbons (Fsp3) is 0. The van der Waals surface area contributed by atoms with E-state index in [0.717, 1.165) is 21.5 Å². The molecule has 94 valence electrons. The summed E-state index contributed by atoms with van der Waals surface area (Å²) < 4.78 is 0. The maximum atomic E-state index is 10.1. The molecule has 1 N–H and O–H groups in total. The van der Waals surface area contributed by atoms with E-state index in [-0.39, 0.29) is 23.9 Å². The molecule has 0 aromatic heterocycles. The summed E-state index contributed by atoms with van der Waals surface area (Å²) in [7, 11) is 0. The molecular formula is C18H12OSn. The third kappa shape index (κ3) is 1.93. The van der Waals surface area contributed by atoms with Gasteiger partial charge in [-0.2, -0.15) is 0 Å². The molecule has 0 atom stereocenters. The van der Waals surface area contributed by atoms with Gasteiger partial charge in [-0.1, -0.05) is 48.5 Å². The van der Waals surface area contributed by atoms with E-state index >= 15 is 0 Å². The van der Waals surface area contributed by atoms with Crippen LogP contribution >= 0.6 is 0 Å². The van der Waals surface area contributed by atoms with Crippen molar-refractivity contribution in [3.63, 3.8) is 0 Å². The molecule has 0 aliphatic heterocycles. The van der Waals surface area contributed by atoms with Gasteiger partial charge in [0, 0.05) is 29.3 Å². The first-order valence-corrected chi connectivity index (χ1v) is 6.36. The van der Waals surface area contributed by atoms with Crippen LogP contribution in [0, 0.1) is 0 Å². The van der Waals surface area contributed by atoms with Crippen LogP contribution < -0.4 is 0 Å². The Balaban J connectivity index is 0.00000121. The van der Waals surface area contributed by atoms with Gasteiger partial charge in [0.2, 0.25) is 0 Å². The van der Waals surface area contributed by atoms with Crippen LogP contribution in [0.15, 0.2) is 66.7 Å². The number of phenols is 1. The molecule has 4 aromatic rings. The molecule has 0 unspecified atom stereocenters. The Morgan fingerprint density at radius 1 is 0.600 bits per heavy atom. The van der Waals surface area contributed by atoms with Crippen molar-refractivity contribution in [1.82, 2.24) is 0 Å². The summed E-state index contributed by atoms with van der Waals surface area (Å²) >= 11 is 0. The zero-order valence-electron chi connectivity index (χ0n) is 10.8. The maximum Gasteiger partial charge on any atom is 0.124 e. The number of hydrogen-bond acceptors (Lipinski definition) is 1. The third-order valence-electron chi connectivity index (χ3n) is 3.70. The second-order valence-corrected chi connectivity index (χ2v) is 4.86. The standard InChI is InChI=1S/C18H12O.Sn/c19-17-7-3-6-12-8-9-15-10-13-4-1-2-5-14(13)11-16(15)18(12)17;/h1-11,19H;. The number of fused-ring (bicyclic) bond motifs is 4. The molecule has 1 nitrogen and oxygen atoms in total. The molecule has 0 aliphatic carbocycles. The van der Waals surface area contributed by atoms with E-state index in [1.807, 2.05) is 24.3 Å². The van der Waals surface area contributed by atoms with E-state index in [1.54, 1.807) is 6.07 Å². The maximum absolute atomic E-state index is 10.1. The molecule has 2 heteroatoms. The molecule has 0 spiro atoms. The Morgan fingerprint density at radius 3 is 2.05 bits per heavy atom. The van der Waals surface area contributed by atoms with Gasteiger partial charge in [0.25, 0.3) is 0 Å². The molecule has 0 aliphatic rings. The minimum atomic E-state index is 0. The zero-order chi connectivity index (χ0) is 12.8. The van der Waals surface area contributed by atoms with Crippen molar-refractivity contribution in [2.75, 3.05) is 0 Å². The van der Waals surface area contributed by atoms with Gasteiger partial charge in [0.05, 0.1) is 0 Å². The van der Waals surface area contributed by atoms with Crippen LogP contribution in [-0.2, 0) is 0 Å². The largest absolute Gasteiger partial charge is 0.507 e. The average Bonchev–Trinajstić information content (AvgIpc) is 2.45. The van der Waals surface area contributed by atoms with Gasteiger partial charge in [-0.05, 0) is 45.1 Å². The van der Waals surface area contributed by atoms with Crippen LogP contribution in [0.3, 0.4) is 0 Å². The predicted octanol–water partition coefficient (Wildman–Crippen LogP) is 4.47. The summed E-state index contributed by atoms with van der Waals surface area (Å²) in [5, 5.41) is 16.8. The fourth-order valence-corrected chi connectivity index (χ4v) is 2.78. The van der Waals surface area contributed by atoms with E-state index in [2.05, 4.69) is 36.4 Å². The Kier molecular flexibility index (Phi) is 3.30. The molecular weight excluding hydrogens is 351 g/mol. The molecule has 0 heterocycles. The van der Waals surface area contributed by atoms with E-state index < -0.39 is 0 Å². The molecule has 0 saturated heterocycles. The minimum absolute atomic E-state index is 0. The summed E-state index contributed by atoms with van der Waals surface area (Å²) in [6.07, 6.45) is 0. The van der Waals surface area contributed by atoms with Gasteiger partial charge < -0.3 is 5.11 Å². The normalized spacial score (nSPS) is 10.8. The predicted molar refractivity (Wildman–Crippen MR) is 86.4 cm³/mol. The van der Waals surface area contributed by atoms with Crippen LogP contribution in [0.1, 0.15) is 0 Å². The first-order valence-electron chi connectivity index (χ1n) is 6.36. The topological polar surface area (TPSA) is 20.2 Å². The number of aromatic hydroxyl groups is 1. The third-order valence-corrected chi connectivity index (χ3v) is 3.70. The minimum Gasteiger partial charge on any atom is -0.507 e. The quantitative estimate of drug-likeness (QED) is 0.278. The van der Waals surface area contributed by atoms with Crippen LogP contribution in [0.2, 0.25) is 0 Å². The van der Waals surface area contributed by atoms with Crippen molar-refractivity contribution in [3.05, 3.63) is 66.7 Å². The van der Waals surface area contributed by atoms with E-state index in [0.29, 0.717) is 5.75 Å². The summed E-state index contributed by atoms with van der Waals surface area (Å²) in [5.74, 6) is 0.346. The molecule has 0 amide bonds. The first-order chi connectivity index (χ1) is 9.33. The number of rotatable bonds is 0. The molecule has 0 saturated carbocycles. The zero-order valence-corrected chi connectivity index (χ0v) is 13.7. The van der Waals surface area contributed by atoms with Crippen LogP contribution in [0.25, 0.3) is 32.3 Å². The number of hydrogen-bond donors (Lipinski definition) is 1. The summed E-state index contributed by atoms with van der Waals surface area (Å²) in [6.45, 7) is 0. The molecule has 4 rings (SSSR count).